The summed E-state index contributed by atoms with van der Waals surface area (Å²) < 4.78 is 0. The van der Waals surface area contributed by atoms with Gasteiger partial charge in [-0.25, -0.2) is 4.98 Å². The van der Waals surface area contributed by atoms with E-state index in [1.165, 1.54) is 62.4 Å². The van der Waals surface area contributed by atoms with Crippen molar-refractivity contribution in [3.05, 3.63) is 16.1 Å². The van der Waals surface area contributed by atoms with Crippen LogP contribution < -0.4 is 0 Å². The molecule has 0 atom stereocenters. The van der Waals surface area contributed by atoms with Gasteiger partial charge in [0, 0.05) is 11.9 Å². The van der Waals surface area contributed by atoms with Crippen molar-refractivity contribution in [1.29, 1.82) is 0 Å². The number of aryl methyl sites for hydroxylation is 1. The Morgan fingerprint density at radius 3 is 2.76 bits per heavy atom. The molecule has 1 aliphatic heterocycles. The molecule has 0 saturated carbocycles. The third-order valence-corrected chi connectivity index (χ3v) is 5.38. The van der Waals surface area contributed by atoms with Crippen LogP contribution >= 0.6 is 11.3 Å². The van der Waals surface area contributed by atoms with Gasteiger partial charge >= 0.3 is 0 Å². The molecule has 3 nitrogen and oxygen atoms in total. The van der Waals surface area contributed by atoms with Crippen LogP contribution in [0.1, 0.15) is 49.7 Å². The first-order valence-corrected chi connectivity index (χ1v) is 9.35. The Morgan fingerprint density at radius 1 is 1.33 bits per heavy atom. The van der Waals surface area contributed by atoms with Gasteiger partial charge in [-0.1, -0.05) is 13.3 Å². The van der Waals surface area contributed by atoms with Crippen LogP contribution in [-0.2, 0) is 13.0 Å². The minimum Gasteiger partial charge on any atom is -0.309 e. The maximum absolute atomic E-state index is 4.79. The molecule has 4 heteroatoms. The van der Waals surface area contributed by atoms with Crippen molar-refractivity contribution in [1.82, 2.24) is 14.8 Å². The average molecular weight is 310 g/mol. The second-order valence-electron chi connectivity index (χ2n) is 6.65. The van der Waals surface area contributed by atoms with E-state index < -0.39 is 0 Å². The van der Waals surface area contributed by atoms with Crippen molar-refractivity contribution < 1.29 is 0 Å². The van der Waals surface area contributed by atoms with Crippen molar-refractivity contribution in [2.45, 2.75) is 52.0 Å². The van der Waals surface area contributed by atoms with Crippen LogP contribution in [0.4, 0.5) is 0 Å². The lowest BCUT2D eigenvalue weighted by molar-refractivity contribution is 0.164. The van der Waals surface area contributed by atoms with Crippen LogP contribution in [0.3, 0.4) is 0 Å². The summed E-state index contributed by atoms with van der Waals surface area (Å²) in [7, 11) is 4.35. The predicted molar refractivity (Wildman–Crippen MR) is 91.9 cm³/mol. The third kappa shape index (κ3) is 6.05. The second-order valence-corrected chi connectivity index (χ2v) is 7.59. The molecule has 120 valence electrons. The third-order valence-electron chi connectivity index (χ3n) is 4.42. The molecule has 1 saturated heterocycles. The van der Waals surface area contributed by atoms with Gasteiger partial charge in [-0.15, -0.1) is 11.3 Å². The lowest BCUT2D eigenvalue weighted by Gasteiger charge is -2.32. The number of nitrogens with zero attached hydrogens (tertiary/aromatic N) is 3. The number of rotatable bonds is 8. The molecule has 0 bridgehead atoms. The average Bonchev–Trinajstić information content (AvgIpc) is 2.92. The first-order valence-electron chi connectivity index (χ1n) is 8.47. The van der Waals surface area contributed by atoms with E-state index in [0.29, 0.717) is 0 Å². The molecule has 21 heavy (non-hydrogen) atoms. The molecule has 0 spiro atoms. The minimum atomic E-state index is 0.930. The zero-order valence-corrected chi connectivity index (χ0v) is 14.8. The summed E-state index contributed by atoms with van der Waals surface area (Å²) in [5.41, 5.74) is 1.29. The highest BCUT2D eigenvalue weighted by Crippen LogP contribution is 2.22. The number of piperidine rings is 1. The highest BCUT2D eigenvalue weighted by molar-refractivity contribution is 7.09. The van der Waals surface area contributed by atoms with Gasteiger partial charge in [-0.2, -0.15) is 0 Å². The first kappa shape index (κ1) is 16.9. The zero-order chi connectivity index (χ0) is 15.1. The lowest BCUT2D eigenvalue weighted by atomic mass is 9.93. The molecule has 0 radical (unpaired) electrons. The quantitative estimate of drug-likeness (QED) is 0.731. The van der Waals surface area contributed by atoms with E-state index in [1.54, 1.807) is 0 Å². The Morgan fingerprint density at radius 2 is 2.10 bits per heavy atom. The number of aromatic nitrogens is 1. The molecule has 0 aromatic carbocycles. The normalized spacial score (nSPS) is 17.7. The van der Waals surface area contributed by atoms with Gasteiger partial charge in [0.15, 0.2) is 0 Å². The van der Waals surface area contributed by atoms with Gasteiger partial charge in [-0.05, 0) is 71.8 Å². The fraction of sp³-hybridized carbons (Fsp3) is 0.824. The summed E-state index contributed by atoms with van der Waals surface area (Å²) in [6, 6.07) is 0. The predicted octanol–water partition coefficient (Wildman–Crippen LogP) is 3.65. The van der Waals surface area contributed by atoms with Gasteiger partial charge in [-0.3, -0.25) is 4.90 Å². The smallest absolute Gasteiger partial charge is 0.0928 e. The molecule has 0 unspecified atom stereocenters. The molecule has 2 heterocycles. The van der Waals surface area contributed by atoms with Crippen molar-refractivity contribution in [2.75, 3.05) is 33.7 Å². The van der Waals surface area contributed by atoms with Gasteiger partial charge in [0.2, 0.25) is 0 Å². The Balaban J connectivity index is 1.69. The van der Waals surface area contributed by atoms with E-state index in [2.05, 4.69) is 36.2 Å². The molecule has 1 fully saturated rings. The van der Waals surface area contributed by atoms with E-state index in [9.17, 15) is 0 Å². The summed E-state index contributed by atoms with van der Waals surface area (Å²) in [4.78, 5) is 9.68. The van der Waals surface area contributed by atoms with Crippen molar-refractivity contribution >= 4 is 11.3 Å². The fourth-order valence-electron chi connectivity index (χ4n) is 2.97. The van der Waals surface area contributed by atoms with Crippen LogP contribution in [0.15, 0.2) is 5.38 Å². The molecule has 1 aliphatic rings. The van der Waals surface area contributed by atoms with Crippen molar-refractivity contribution in [3.63, 3.8) is 0 Å². The monoisotopic (exact) mass is 309 g/mol. The molecular weight excluding hydrogens is 278 g/mol. The molecule has 2 rings (SSSR count). The Bertz CT molecular complexity index is 394. The number of hydrogen-bond acceptors (Lipinski definition) is 4. The van der Waals surface area contributed by atoms with Gasteiger partial charge in [0.05, 0.1) is 10.7 Å². The molecule has 1 aromatic heterocycles. The number of unbranched alkanes of at least 4 members (excludes halogenated alkanes) is 1. The Kier molecular flexibility index (Phi) is 7.14. The van der Waals surface area contributed by atoms with Crippen LogP contribution in [0, 0.1) is 5.92 Å². The minimum absolute atomic E-state index is 0.930. The summed E-state index contributed by atoms with van der Waals surface area (Å²) in [5, 5.41) is 3.59. The van der Waals surface area contributed by atoms with Crippen LogP contribution in [0.25, 0.3) is 0 Å². The maximum atomic E-state index is 4.79. The Hall–Kier alpha value is -0.450. The highest BCUT2D eigenvalue weighted by Gasteiger charge is 2.19. The largest absolute Gasteiger partial charge is 0.309 e. The van der Waals surface area contributed by atoms with E-state index in [4.69, 9.17) is 4.98 Å². The lowest BCUT2D eigenvalue weighted by Crippen LogP contribution is -2.34. The molecule has 0 amide bonds. The molecule has 1 aromatic rings. The number of likely N-dealkylation sites (tertiary alicyclic amines) is 1. The zero-order valence-electron chi connectivity index (χ0n) is 14.0. The fourth-order valence-corrected chi connectivity index (χ4v) is 3.80. The standard InChI is InChI=1S/C17H31N3S/c1-4-5-6-17-18-16(14-21-17)13-20-11-8-15(9-12-20)7-10-19(2)3/h14-15H,4-13H2,1-3H3. The topological polar surface area (TPSA) is 19.4 Å². The Labute approximate surface area is 134 Å². The van der Waals surface area contributed by atoms with E-state index in [0.717, 1.165) is 18.9 Å². The molecule has 0 N–H and O–H groups in total. The van der Waals surface area contributed by atoms with Crippen LogP contribution in [0.5, 0.6) is 0 Å². The van der Waals surface area contributed by atoms with E-state index >= 15 is 0 Å². The maximum Gasteiger partial charge on any atom is 0.0928 e. The molecular formula is C17H31N3S. The van der Waals surface area contributed by atoms with Gasteiger partial charge in [0.25, 0.3) is 0 Å². The van der Waals surface area contributed by atoms with Crippen LogP contribution in [0.2, 0.25) is 0 Å². The SMILES string of the molecule is CCCCc1nc(CN2CCC(CCN(C)C)CC2)cs1. The van der Waals surface area contributed by atoms with E-state index in [-0.39, 0.29) is 0 Å². The summed E-state index contributed by atoms with van der Waals surface area (Å²) in [6.45, 7) is 7.04. The van der Waals surface area contributed by atoms with Gasteiger partial charge in [0.1, 0.15) is 0 Å². The van der Waals surface area contributed by atoms with Crippen LogP contribution in [-0.4, -0.2) is 48.5 Å². The number of thiazole rings is 1. The second kappa shape index (κ2) is 8.86. The number of hydrogen-bond donors (Lipinski definition) is 0. The van der Waals surface area contributed by atoms with Crippen molar-refractivity contribution in [2.24, 2.45) is 5.92 Å². The summed E-state index contributed by atoms with van der Waals surface area (Å²) in [5.74, 6) is 0.930. The summed E-state index contributed by atoms with van der Waals surface area (Å²) in [6.07, 6.45) is 7.77. The van der Waals surface area contributed by atoms with Crippen molar-refractivity contribution in [3.8, 4) is 0 Å². The highest BCUT2D eigenvalue weighted by atomic mass is 32.1. The first-order chi connectivity index (χ1) is 10.2. The molecule has 0 aliphatic carbocycles. The van der Waals surface area contributed by atoms with Gasteiger partial charge < -0.3 is 4.90 Å². The van der Waals surface area contributed by atoms with E-state index in [1.807, 2.05) is 11.3 Å². The summed E-state index contributed by atoms with van der Waals surface area (Å²) >= 11 is 1.85.